The van der Waals surface area contributed by atoms with E-state index in [0.717, 1.165) is 12.8 Å². The fourth-order valence-electron chi connectivity index (χ4n) is 3.00. The van der Waals surface area contributed by atoms with Crippen LogP contribution in [0.1, 0.15) is 30.3 Å². The van der Waals surface area contributed by atoms with E-state index in [2.05, 4.69) is 0 Å². The lowest BCUT2D eigenvalue weighted by atomic mass is 9.92. The number of aliphatic hydroxyl groups excluding tert-OH is 1. The molecule has 0 saturated carbocycles. The second-order valence-electron chi connectivity index (χ2n) is 6.01. The first-order valence-electron chi connectivity index (χ1n) is 7.88. The second-order valence-corrected chi connectivity index (χ2v) is 6.01. The summed E-state index contributed by atoms with van der Waals surface area (Å²) in [6, 6.07) is 9.53. The summed E-state index contributed by atoms with van der Waals surface area (Å²) < 4.78 is 19.3. The molecule has 1 saturated heterocycles. The van der Waals surface area contributed by atoms with Crippen molar-refractivity contribution in [1.82, 2.24) is 4.90 Å². The predicted octanol–water partition coefficient (Wildman–Crippen LogP) is 3.32. The molecule has 1 fully saturated rings. The maximum absolute atomic E-state index is 13.8. The summed E-state index contributed by atoms with van der Waals surface area (Å²) >= 11 is 0. The first kappa shape index (κ1) is 15.7. The molecule has 122 valence electrons. The molecule has 1 aromatic carbocycles. The number of benzene rings is 1. The van der Waals surface area contributed by atoms with Gasteiger partial charge in [0.2, 0.25) is 0 Å². The highest BCUT2D eigenvalue weighted by molar-refractivity contribution is 5.92. The molecule has 2 aromatic rings. The molecular formula is C18H20FNO3. The van der Waals surface area contributed by atoms with E-state index in [0.29, 0.717) is 24.4 Å². The fourth-order valence-corrected chi connectivity index (χ4v) is 3.00. The van der Waals surface area contributed by atoms with Crippen LogP contribution in [-0.2, 0) is 0 Å². The topological polar surface area (TPSA) is 53.7 Å². The number of amides is 1. The molecule has 1 aliphatic rings. The molecule has 0 bridgehead atoms. The van der Waals surface area contributed by atoms with Gasteiger partial charge in [0, 0.05) is 13.1 Å². The first-order valence-corrected chi connectivity index (χ1v) is 7.88. The van der Waals surface area contributed by atoms with Gasteiger partial charge in [-0.1, -0.05) is 12.1 Å². The molecule has 1 amide bonds. The smallest absolute Gasteiger partial charge is 0.289 e. The number of furan rings is 1. The summed E-state index contributed by atoms with van der Waals surface area (Å²) in [7, 11) is 0. The van der Waals surface area contributed by atoms with Crippen LogP contribution in [0.3, 0.4) is 0 Å². The van der Waals surface area contributed by atoms with Crippen molar-refractivity contribution in [1.29, 1.82) is 0 Å². The SMILES string of the molecule is CC(O)C1CCN(C(=O)c2ccc(-c3ccccc3F)o2)CC1. The van der Waals surface area contributed by atoms with Crippen molar-refractivity contribution in [2.75, 3.05) is 13.1 Å². The molecule has 5 heteroatoms. The average Bonchev–Trinajstić information content (AvgIpc) is 3.04. The Morgan fingerprint density at radius 3 is 2.61 bits per heavy atom. The van der Waals surface area contributed by atoms with Crippen molar-refractivity contribution < 1.29 is 18.7 Å². The standard InChI is InChI=1S/C18H20FNO3/c1-12(21)13-8-10-20(11-9-13)18(22)17-7-6-16(23-17)14-4-2-3-5-15(14)19/h2-7,12-13,21H,8-11H2,1H3. The molecular weight excluding hydrogens is 297 g/mol. The molecule has 23 heavy (non-hydrogen) atoms. The number of hydrogen-bond donors (Lipinski definition) is 1. The molecule has 2 heterocycles. The largest absolute Gasteiger partial charge is 0.451 e. The quantitative estimate of drug-likeness (QED) is 0.945. The van der Waals surface area contributed by atoms with Gasteiger partial charge in [-0.3, -0.25) is 4.79 Å². The zero-order chi connectivity index (χ0) is 16.4. The molecule has 0 spiro atoms. The summed E-state index contributed by atoms with van der Waals surface area (Å²) in [6.07, 6.45) is 1.22. The highest BCUT2D eigenvalue weighted by atomic mass is 19.1. The number of rotatable bonds is 3. The van der Waals surface area contributed by atoms with Gasteiger partial charge in [-0.15, -0.1) is 0 Å². The Kier molecular flexibility index (Phi) is 4.48. The number of hydrogen-bond acceptors (Lipinski definition) is 3. The van der Waals surface area contributed by atoms with E-state index in [4.69, 9.17) is 4.42 Å². The Hall–Kier alpha value is -2.14. The number of nitrogens with zero attached hydrogens (tertiary/aromatic N) is 1. The summed E-state index contributed by atoms with van der Waals surface area (Å²) in [5, 5.41) is 9.62. The van der Waals surface area contributed by atoms with Gasteiger partial charge in [0.1, 0.15) is 11.6 Å². The van der Waals surface area contributed by atoms with Gasteiger partial charge in [-0.05, 0) is 49.9 Å². The zero-order valence-electron chi connectivity index (χ0n) is 13.0. The van der Waals surface area contributed by atoms with Crippen molar-refractivity contribution in [2.45, 2.75) is 25.9 Å². The summed E-state index contributed by atoms with van der Waals surface area (Å²) in [6.45, 7) is 2.99. The minimum absolute atomic E-state index is 0.184. The van der Waals surface area contributed by atoms with E-state index in [-0.39, 0.29) is 29.5 Å². The van der Waals surface area contributed by atoms with Gasteiger partial charge in [-0.2, -0.15) is 0 Å². The Bertz CT molecular complexity index is 687. The average molecular weight is 317 g/mol. The summed E-state index contributed by atoms with van der Waals surface area (Å²) in [5.41, 5.74) is 0.347. The predicted molar refractivity (Wildman–Crippen MR) is 84.4 cm³/mol. The monoisotopic (exact) mass is 317 g/mol. The van der Waals surface area contributed by atoms with Crippen molar-refractivity contribution in [3.63, 3.8) is 0 Å². The molecule has 1 N–H and O–H groups in total. The highest BCUT2D eigenvalue weighted by Gasteiger charge is 2.27. The van der Waals surface area contributed by atoms with Crippen LogP contribution in [0, 0.1) is 11.7 Å². The van der Waals surface area contributed by atoms with Gasteiger partial charge in [-0.25, -0.2) is 4.39 Å². The third-order valence-corrected chi connectivity index (χ3v) is 4.47. The molecule has 0 radical (unpaired) electrons. The van der Waals surface area contributed by atoms with Crippen molar-refractivity contribution in [3.05, 3.63) is 48.0 Å². The summed E-state index contributed by atoms with van der Waals surface area (Å²) in [4.78, 5) is 14.2. The lowest BCUT2D eigenvalue weighted by Crippen LogP contribution is -2.40. The maximum atomic E-state index is 13.8. The Balaban J connectivity index is 1.71. The van der Waals surface area contributed by atoms with Crippen molar-refractivity contribution >= 4 is 5.91 Å². The third kappa shape index (κ3) is 3.29. The van der Waals surface area contributed by atoms with E-state index in [9.17, 15) is 14.3 Å². The molecule has 4 nitrogen and oxygen atoms in total. The van der Waals surface area contributed by atoms with Gasteiger partial charge >= 0.3 is 0 Å². The lowest BCUT2D eigenvalue weighted by Gasteiger charge is -2.32. The molecule has 0 aliphatic carbocycles. The zero-order valence-corrected chi connectivity index (χ0v) is 13.0. The van der Waals surface area contributed by atoms with Crippen LogP contribution < -0.4 is 0 Å². The van der Waals surface area contributed by atoms with E-state index in [1.54, 1.807) is 42.2 Å². The van der Waals surface area contributed by atoms with Crippen molar-refractivity contribution in [3.8, 4) is 11.3 Å². The van der Waals surface area contributed by atoms with Crippen LogP contribution in [0.5, 0.6) is 0 Å². The Labute approximate surface area is 134 Å². The Morgan fingerprint density at radius 1 is 1.26 bits per heavy atom. The van der Waals surface area contributed by atoms with Crippen LogP contribution >= 0.6 is 0 Å². The molecule has 1 unspecified atom stereocenters. The van der Waals surface area contributed by atoms with Crippen LogP contribution in [0.25, 0.3) is 11.3 Å². The minimum atomic E-state index is -0.376. The molecule has 1 aromatic heterocycles. The number of likely N-dealkylation sites (tertiary alicyclic amines) is 1. The molecule has 3 rings (SSSR count). The number of piperidine rings is 1. The number of aliphatic hydroxyl groups is 1. The van der Waals surface area contributed by atoms with Crippen LogP contribution in [-0.4, -0.2) is 35.1 Å². The Morgan fingerprint density at radius 2 is 1.96 bits per heavy atom. The van der Waals surface area contributed by atoms with Crippen LogP contribution in [0.15, 0.2) is 40.8 Å². The number of halogens is 1. The van der Waals surface area contributed by atoms with Gasteiger partial charge in [0.05, 0.1) is 11.7 Å². The first-order chi connectivity index (χ1) is 11.1. The van der Waals surface area contributed by atoms with Gasteiger partial charge in [0.25, 0.3) is 5.91 Å². The summed E-state index contributed by atoms with van der Waals surface area (Å²) in [5.74, 6) is 0.254. The number of carbonyl (C=O) groups excluding carboxylic acids is 1. The molecule has 1 atom stereocenters. The third-order valence-electron chi connectivity index (χ3n) is 4.47. The van der Waals surface area contributed by atoms with Gasteiger partial charge in [0.15, 0.2) is 5.76 Å². The van der Waals surface area contributed by atoms with E-state index in [1.165, 1.54) is 6.07 Å². The van der Waals surface area contributed by atoms with Gasteiger partial charge < -0.3 is 14.4 Å². The normalized spacial score (nSPS) is 17.3. The highest BCUT2D eigenvalue weighted by Crippen LogP contribution is 2.27. The van der Waals surface area contributed by atoms with Crippen molar-refractivity contribution in [2.24, 2.45) is 5.92 Å². The molecule has 1 aliphatic heterocycles. The number of carbonyl (C=O) groups is 1. The van der Waals surface area contributed by atoms with E-state index >= 15 is 0 Å². The minimum Gasteiger partial charge on any atom is -0.451 e. The van der Waals surface area contributed by atoms with E-state index in [1.807, 2.05) is 0 Å². The lowest BCUT2D eigenvalue weighted by molar-refractivity contribution is 0.0499. The van der Waals surface area contributed by atoms with Crippen LogP contribution in [0.4, 0.5) is 4.39 Å². The van der Waals surface area contributed by atoms with Crippen LogP contribution in [0.2, 0.25) is 0 Å². The van der Waals surface area contributed by atoms with E-state index < -0.39 is 0 Å². The second kappa shape index (κ2) is 6.54. The maximum Gasteiger partial charge on any atom is 0.289 e. The fraction of sp³-hybridized carbons (Fsp3) is 0.389.